The standard InChI is InChI=1S/C24H32N2O4/c1-16-8-6-7-9-19(16)14-26-11-10-18-12-21(29-4)22(30-5)13-20(18)24(26)17(2)25-23(27)15-28-3/h6-9,12-13,17,24H,10-11,14-15H2,1-5H3,(H,25,27)/p+1/t17-,24-/m1/s1. The van der Waals surface area contributed by atoms with Gasteiger partial charge in [0.15, 0.2) is 11.5 Å². The summed E-state index contributed by atoms with van der Waals surface area (Å²) in [4.78, 5) is 13.7. The summed E-state index contributed by atoms with van der Waals surface area (Å²) in [6.45, 7) is 6.16. The van der Waals surface area contributed by atoms with E-state index in [9.17, 15) is 4.79 Å². The van der Waals surface area contributed by atoms with Crippen LogP contribution in [0.15, 0.2) is 36.4 Å². The first kappa shape index (κ1) is 22.1. The second-order valence-electron chi connectivity index (χ2n) is 7.93. The van der Waals surface area contributed by atoms with Crippen molar-refractivity contribution in [3.63, 3.8) is 0 Å². The van der Waals surface area contributed by atoms with Crippen LogP contribution in [0.5, 0.6) is 11.5 Å². The van der Waals surface area contributed by atoms with Gasteiger partial charge in [-0.05, 0) is 37.1 Å². The summed E-state index contributed by atoms with van der Waals surface area (Å²) in [6, 6.07) is 12.7. The van der Waals surface area contributed by atoms with Crippen LogP contribution in [-0.2, 0) is 22.5 Å². The highest BCUT2D eigenvalue weighted by Crippen LogP contribution is 2.35. The highest BCUT2D eigenvalue weighted by molar-refractivity contribution is 5.77. The Balaban J connectivity index is 1.99. The molecule has 2 aromatic carbocycles. The van der Waals surface area contributed by atoms with Gasteiger partial charge in [-0.2, -0.15) is 0 Å². The number of carbonyl (C=O) groups excluding carboxylic acids is 1. The van der Waals surface area contributed by atoms with E-state index in [0.29, 0.717) is 5.75 Å². The molecular weight excluding hydrogens is 380 g/mol. The minimum atomic E-state index is -0.104. The van der Waals surface area contributed by atoms with Crippen LogP contribution >= 0.6 is 0 Å². The highest BCUT2D eigenvalue weighted by atomic mass is 16.5. The number of aryl methyl sites for hydroxylation is 1. The van der Waals surface area contributed by atoms with Gasteiger partial charge >= 0.3 is 0 Å². The van der Waals surface area contributed by atoms with E-state index in [2.05, 4.69) is 55.6 Å². The molecule has 0 saturated heterocycles. The van der Waals surface area contributed by atoms with Crippen LogP contribution < -0.4 is 19.7 Å². The molecule has 2 N–H and O–H groups in total. The van der Waals surface area contributed by atoms with Crippen molar-refractivity contribution in [2.75, 3.05) is 34.5 Å². The van der Waals surface area contributed by atoms with Crippen molar-refractivity contribution in [1.82, 2.24) is 5.32 Å². The first-order valence-corrected chi connectivity index (χ1v) is 10.4. The number of nitrogens with one attached hydrogen (secondary N) is 2. The zero-order chi connectivity index (χ0) is 21.7. The highest BCUT2D eigenvalue weighted by Gasteiger charge is 2.37. The smallest absolute Gasteiger partial charge is 0.246 e. The average molecular weight is 414 g/mol. The van der Waals surface area contributed by atoms with Crippen LogP contribution in [0.3, 0.4) is 0 Å². The third-order valence-corrected chi connectivity index (χ3v) is 5.98. The molecular formula is C24H33N2O4+. The average Bonchev–Trinajstić information content (AvgIpc) is 2.74. The quantitative estimate of drug-likeness (QED) is 0.693. The van der Waals surface area contributed by atoms with Gasteiger partial charge in [-0.3, -0.25) is 4.79 Å². The number of benzene rings is 2. The molecule has 0 radical (unpaired) electrons. The Bertz CT molecular complexity index is 884. The lowest BCUT2D eigenvalue weighted by Crippen LogP contribution is -3.13. The number of rotatable bonds is 8. The van der Waals surface area contributed by atoms with Crippen molar-refractivity contribution in [2.24, 2.45) is 0 Å². The van der Waals surface area contributed by atoms with E-state index in [1.54, 1.807) is 14.2 Å². The number of ether oxygens (including phenoxy) is 3. The number of hydrogen-bond acceptors (Lipinski definition) is 4. The van der Waals surface area contributed by atoms with E-state index in [4.69, 9.17) is 14.2 Å². The summed E-state index contributed by atoms with van der Waals surface area (Å²) in [5.74, 6) is 1.36. The fourth-order valence-corrected chi connectivity index (χ4v) is 4.50. The molecule has 0 saturated carbocycles. The molecule has 0 bridgehead atoms. The Hall–Kier alpha value is -2.57. The van der Waals surface area contributed by atoms with Gasteiger partial charge in [0, 0.05) is 24.7 Å². The van der Waals surface area contributed by atoms with Crippen LogP contribution in [0.4, 0.5) is 0 Å². The predicted octanol–water partition coefficient (Wildman–Crippen LogP) is 1.85. The SMILES string of the molecule is COCC(=O)N[C@H](C)[C@@H]1c2cc(OC)c(OC)cc2CC[NH+]1Cc1ccccc1C. The van der Waals surface area contributed by atoms with Crippen molar-refractivity contribution in [3.8, 4) is 11.5 Å². The molecule has 0 fully saturated rings. The van der Waals surface area contributed by atoms with Crippen LogP contribution in [0.25, 0.3) is 0 Å². The van der Waals surface area contributed by atoms with Gasteiger partial charge in [0.25, 0.3) is 0 Å². The van der Waals surface area contributed by atoms with Gasteiger partial charge in [-0.15, -0.1) is 0 Å². The first-order chi connectivity index (χ1) is 14.5. The molecule has 0 aliphatic carbocycles. The zero-order valence-electron chi connectivity index (χ0n) is 18.6. The van der Waals surface area contributed by atoms with Crippen molar-refractivity contribution < 1.29 is 23.9 Å². The number of hydrogen-bond donors (Lipinski definition) is 2. The summed E-state index contributed by atoms with van der Waals surface area (Å²) in [7, 11) is 4.85. The Morgan fingerprint density at radius 3 is 2.53 bits per heavy atom. The lowest BCUT2D eigenvalue weighted by Gasteiger charge is -2.38. The lowest BCUT2D eigenvalue weighted by atomic mass is 9.87. The maximum absolute atomic E-state index is 12.3. The van der Waals surface area contributed by atoms with Gasteiger partial charge in [0.05, 0.1) is 26.8 Å². The monoisotopic (exact) mass is 413 g/mol. The van der Waals surface area contributed by atoms with Crippen molar-refractivity contribution in [3.05, 3.63) is 58.7 Å². The predicted molar refractivity (Wildman–Crippen MR) is 116 cm³/mol. The van der Waals surface area contributed by atoms with Gasteiger partial charge in [-0.1, -0.05) is 24.3 Å². The summed E-state index contributed by atoms with van der Waals surface area (Å²) in [5.41, 5.74) is 5.07. The van der Waals surface area contributed by atoms with Gasteiger partial charge < -0.3 is 24.4 Å². The molecule has 1 amide bonds. The summed E-state index contributed by atoms with van der Waals surface area (Å²) in [5, 5.41) is 3.13. The molecule has 30 heavy (non-hydrogen) atoms. The minimum Gasteiger partial charge on any atom is -0.493 e. The minimum absolute atomic E-state index is 0.0585. The Kier molecular flexibility index (Phi) is 7.34. The lowest BCUT2D eigenvalue weighted by molar-refractivity contribution is -0.948. The van der Waals surface area contributed by atoms with E-state index >= 15 is 0 Å². The van der Waals surface area contributed by atoms with Crippen molar-refractivity contribution in [2.45, 2.75) is 38.9 Å². The number of carbonyl (C=O) groups is 1. The Morgan fingerprint density at radius 1 is 1.17 bits per heavy atom. The third kappa shape index (κ3) is 4.77. The maximum atomic E-state index is 12.3. The zero-order valence-corrected chi connectivity index (χ0v) is 18.6. The maximum Gasteiger partial charge on any atom is 0.246 e. The van der Waals surface area contributed by atoms with Gasteiger partial charge in [0.2, 0.25) is 5.91 Å². The van der Waals surface area contributed by atoms with E-state index in [-0.39, 0.29) is 24.6 Å². The molecule has 1 aliphatic heterocycles. The molecule has 1 unspecified atom stereocenters. The molecule has 1 heterocycles. The van der Waals surface area contributed by atoms with Crippen LogP contribution in [0, 0.1) is 6.92 Å². The first-order valence-electron chi connectivity index (χ1n) is 10.4. The molecule has 3 atom stereocenters. The molecule has 3 rings (SSSR count). The number of methoxy groups -OCH3 is 3. The van der Waals surface area contributed by atoms with Crippen LogP contribution in [0.1, 0.15) is 35.2 Å². The normalized spacial score (nSPS) is 19.0. The van der Waals surface area contributed by atoms with E-state index in [1.165, 1.54) is 34.3 Å². The molecule has 6 heteroatoms. The fourth-order valence-electron chi connectivity index (χ4n) is 4.50. The molecule has 0 spiro atoms. The Labute approximate surface area is 179 Å². The van der Waals surface area contributed by atoms with Crippen molar-refractivity contribution >= 4 is 5.91 Å². The molecule has 162 valence electrons. The summed E-state index contributed by atoms with van der Waals surface area (Å²) >= 11 is 0. The number of amides is 1. The van der Waals surface area contributed by atoms with E-state index in [0.717, 1.165) is 25.3 Å². The molecule has 2 aromatic rings. The summed E-state index contributed by atoms with van der Waals surface area (Å²) < 4.78 is 16.1. The number of quaternary nitrogens is 1. The van der Waals surface area contributed by atoms with E-state index < -0.39 is 0 Å². The van der Waals surface area contributed by atoms with Crippen LogP contribution in [0.2, 0.25) is 0 Å². The van der Waals surface area contributed by atoms with Gasteiger partial charge in [0.1, 0.15) is 19.2 Å². The fraction of sp³-hybridized carbons (Fsp3) is 0.458. The largest absolute Gasteiger partial charge is 0.493 e. The van der Waals surface area contributed by atoms with Crippen LogP contribution in [-0.4, -0.2) is 46.4 Å². The molecule has 0 aromatic heterocycles. The number of fused-ring (bicyclic) bond motifs is 1. The second kappa shape index (κ2) is 9.96. The Morgan fingerprint density at radius 2 is 1.87 bits per heavy atom. The second-order valence-corrected chi connectivity index (χ2v) is 7.93. The molecule has 1 aliphatic rings. The van der Waals surface area contributed by atoms with Gasteiger partial charge in [-0.25, -0.2) is 0 Å². The topological polar surface area (TPSA) is 61.2 Å². The van der Waals surface area contributed by atoms with E-state index in [1.807, 2.05) is 0 Å². The third-order valence-electron chi connectivity index (χ3n) is 5.98. The van der Waals surface area contributed by atoms with Crippen molar-refractivity contribution in [1.29, 1.82) is 0 Å². The molecule has 6 nitrogen and oxygen atoms in total. The summed E-state index contributed by atoms with van der Waals surface area (Å²) in [6.07, 6.45) is 0.951.